The smallest absolute Gasteiger partial charge is 0.255 e. The second-order valence-corrected chi connectivity index (χ2v) is 7.63. The van der Waals surface area contributed by atoms with E-state index in [2.05, 4.69) is 5.32 Å². The third kappa shape index (κ3) is 3.36. The lowest BCUT2D eigenvalue weighted by atomic mass is 9.94. The van der Waals surface area contributed by atoms with Crippen LogP contribution in [-0.2, 0) is 4.79 Å². The monoisotopic (exact) mass is 362 g/mol. The molecule has 4 rings (SSSR count). The Bertz CT molecular complexity index is 827. The van der Waals surface area contributed by atoms with Crippen molar-refractivity contribution in [3.05, 3.63) is 71.3 Å². The van der Waals surface area contributed by atoms with Crippen LogP contribution in [-0.4, -0.2) is 22.8 Å². The fourth-order valence-electron chi connectivity index (χ4n) is 4.42. The SMILES string of the molecule is C[C@H](c1ccccc1)N1C(=O)c2ccccc2[C@H]1C(=O)NC1CCCCC1. The van der Waals surface area contributed by atoms with E-state index in [1.807, 2.05) is 61.5 Å². The quantitative estimate of drug-likeness (QED) is 0.877. The van der Waals surface area contributed by atoms with Crippen LogP contribution in [0.5, 0.6) is 0 Å². The van der Waals surface area contributed by atoms with Gasteiger partial charge in [-0.05, 0) is 37.0 Å². The van der Waals surface area contributed by atoms with Crippen molar-refractivity contribution in [2.75, 3.05) is 0 Å². The lowest BCUT2D eigenvalue weighted by Gasteiger charge is -2.32. The Morgan fingerprint density at radius 2 is 1.67 bits per heavy atom. The van der Waals surface area contributed by atoms with Crippen LogP contribution in [0.3, 0.4) is 0 Å². The van der Waals surface area contributed by atoms with Crippen molar-refractivity contribution in [2.24, 2.45) is 0 Å². The molecule has 1 aliphatic heterocycles. The fraction of sp³-hybridized carbons (Fsp3) is 0.391. The van der Waals surface area contributed by atoms with E-state index in [1.54, 1.807) is 4.90 Å². The lowest BCUT2D eigenvalue weighted by molar-refractivity contribution is -0.127. The molecule has 1 aliphatic carbocycles. The van der Waals surface area contributed by atoms with Gasteiger partial charge in [-0.1, -0.05) is 67.8 Å². The lowest BCUT2D eigenvalue weighted by Crippen LogP contribution is -2.44. The molecular weight excluding hydrogens is 336 g/mol. The van der Waals surface area contributed by atoms with Gasteiger partial charge in [-0.25, -0.2) is 0 Å². The van der Waals surface area contributed by atoms with E-state index < -0.39 is 6.04 Å². The largest absolute Gasteiger partial charge is 0.351 e. The van der Waals surface area contributed by atoms with E-state index in [0.717, 1.165) is 36.8 Å². The van der Waals surface area contributed by atoms with Gasteiger partial charge in [0.2, 0.25) is 5.91 Å². The Labute approximate surface area is 160 Å². The van der Waals surface area contributed by atoms with E-state index in [1.165, 1.54) is 6.42 Å². The fourth-order valence-corrected chi connectivity index (χ4v) is 4.42. The zero-order valence-electron chi connectivity index (χ0n) is 15.7. The Balaban J connectivity index is 1.66. The minimum absolute atomic E-state index is 0.0528. The number of nitrogens with zero attached hydrogens (tertiary/aromatic N) is 1. The van der Waals surface area contributed by atoms with Crippen molar-refractivity contribution < 1.29 is 9.59 Å². The van der Waals surface area contributed by atoms with E-state index in [4.69, 9.17) is 0 Å². The molecule has 1 saturated carbocycles. The van der Waals surface area contributed by atoms with Gasteiger partial charge in [0, 0.05) is 11.6 Å². The maximum Gasteiger partial charge on any atom is 0.255 e. The maximum absolute atomic E-state index is 13.3. The molecular formula is C23H26N2O2. The predicted octanol–water partition coefficient (Wildman–Crippen LogP) is 4.39. The van der Waals surface area contributed by atoms with Crippen LogP contribution < -0.4 is 5.32 Å². The van der Waals surface area contributed by atoms with Gasteiger partial charge >= 0.3 is 0 Å². The highest BCUT2D eigenvalue weighted by atomic mass is 16.2. The first-order valence-electron chi connectivity index (χ1n) is 9.93. The van der Waals surface area contributed by atoms with Crippen LogP contribution in [0.2, 0.25) is 0 Å². The number of rotatable bonds is 4. The third-order valence-corrected chi connectivity index (χ3v) is 5.90. The predicted molar refractivity (Wildman–Crippen MR) is 105 cm³/mol. The molecule has 2 amide bonds. The number of carbonyl (C=O) groups excluding carboxylic acids is 2. The van der Waals surface area contributed by atoms with Crippen LogP contribution in [0.25, 0.3) is 0 Å². The molecule has 2 aromatic carbocycles. The van der Waals surface area contributed by atoms with E-state index in [-0.39, 0.29) is 23.9 Å². The molecule has 27 heavy (non-hydrogen) atoms. The summed E-state index contributed by atoms with van der Waals surface area (Å²) in [5.74, 6) is -0.117. The third-order valence-electron chi connectivity index (χ3n) is 5.90. The normalized spacial score (nSPS) is 21.0. The number of hydrogen-bond donors (Lipinski definition) is 1. The molecule has 0 aromatic heterocycles. The number of nitrogens with one attached hydrogen (secondary N) is 1. The van der Waals surface area contributed by atoms with Crippen LogP contribution >= 0.6 is 0 Å². The summed E-state index contributed by atoms with van der Waals surface area (Å²) in [5.41, 5.74) is 2.50. The van der Waals surface area contributed by atoms with Gasteiger partial charge in [0.1, 0.15) is 6.04 Å². The summed E-state index contributed by atoms with van der Waals surface area (Å²) in [6.07, 6.45) is 5.63. The molecule has 1 fully saturated rings. The van der Waals surface area contributed by atoms with Crippen LogP contribution in [0, 0.1) is 0 Å². The summed E-state index contributed by atoms with van der Waals surface area (Å²) in [6, 6.07) is 16.9. The van der Waals surface area contributed by atoms with Crippen molar-refractivity contribution in [2.45, 2.75) is 57.2 Å². The second-order valence-electron chi connectivity index (χ2n) is 7.63. The highest BCUT2D eigenvalue weighted by Gasteiger charge is 2.43. The summed E-state index contributed by atoms with van der Waals surface area (Å²) in [7, 11) is 0. The molecule has 1 heterocycles. The Morgan fingerprint density at radius 3 is 2.41 bits per heavy atom. The van der Waals surface area contributed by atoms with Gasteiger partial charge in [0.15, 0.2) is 0 Å². The van der Waals surface area contributed by atoms with Crippen molar-refractivity contribution in [1.82, 2.24) is 10.2 Å². The Kier molecular flexibility index (Phi) is 4.97. The molecule has 140 valence electrons. The summed E-state index contributed by atoms with van der Waals surface area (Å²) >= 11 is 0. The molecule has 4 nitrogen and oxygen atoms in total. The zero-order chi connectivity index (χ0) is 18.8. The topological polar surface area (TPSA) is 49.4 Å². The number of hydrogen-bond acceptors (Lipinski definition) is 2. The average molecular weight is 362 g/mol. The van der Waals surface area contributed by atoms with Crippen molar-refractivity contribution in [3.63, 3.8) is 0 Å². The number of fused-ring (bicyclic) bond motifs is 1. The molecule has 2 atom stereocenters. The van der Waals surface area contributed by atoms with Crippen LogP contribution in [0.15, 0.2) is 54.6 Å². The molecule has 0 radical (unpaired) electrons. The minimum atomic E-state index is -0.564. The van der Waals surface area contributed by atoms with Gasteiger partial charge in [0.25, 0.3) is 5.91 Å². The highest BCUT2D eigenvalue weighted by molar-refractivity contribution is 6.05. The molecule has 4 heteroatoms. The summed E-state index contributed by atoms with van der Waals surface area (Å²) in [6.45, 7) is 2.00. The number of amides is 2. The minimum Gasteiger partial charge on any atom is -0.351 e. The first kappa shape index (κ1) is 17.8. The Morgan fingerprint density at radius 1 is 1.00 bits per heavy atom. The molecule has 1 N–H and O–H groups in total. The zero-order valence-corrected chi connectivity index (χ0v) is 15.7. The maximum atomic E-state index is 13.3. The average Bonchev–Trinajstić information content (AvgIpc) is 3.02. The molecule has 0 spiro atoms. The van der Waals surface area contributed by atoms with E-state index in [9.17, 15) is 9.59 Å². The van der Waals surface area contributed by atoms with Gasteiger partial charge in [0.05, 0.1) is 6.04 Å². The first-order valence-corrected chi connectivity index (χ1v) is 9.93. The van der Waals surface area contributed by atoms with Gasteiger partial charge in [-0.3, -0.25) is 9.59 Å². The molecule has 2 aromatic rings. The standard InChI is InChI=1S/C23H26N2O2/c1-16(17-10-4-2-5-11-17)25-21(19-14-8-9-15-20(19)23(25)27)22(26)24-18-12-6-3-7-13-18/h2,4-5,8-11,14-16,18,21H,3,6-7,12-13H2,1H3,(H,24,26)/t16-,21+/m1/s1. The summed E-state index contributed by atoms with van der Waals surface area (Å²) in [5, 5.41) is 3.23. The van der Waals surface area contributed by atoms with Crippen LogP contribution in [0.1, 0.15) is 72.6 Å². The van der Waals surface area contributed by atoms with Crippen molar-refractivity contribution >= 4 is 11.8 Å². The summed E-state index contributed by atoms with van der Waals surface area (Å²) in [4.78, 5) is 28.2. The van der Waals surface area contributed by atoms with Crippen molar-refractivity contribution in [1.29, 1.82) is 0 Å². The number of carbonyl (C=O) groups is 2. The molecule has 0 bridgehead atoms. The highest BCUT2D eigenvalue weighted by Crippen LogP contribution is 2.40. The van der Waals surface area contributed by atoms with E-state index in [0.29, 0.717) is 5.56 Å². The molecule has 0 saturated heterocycles. The first-order chi connectivity index (χ1) is 13.2. The molecule has 0 unspecified atom stereocenters. The molecule has 2 aliphatic rings. The van der Waals surface area contributed by atoms with Gasteiger partial charge in [-0.15, -0.1) is 0 Å². The van der Waals surface area contributed by atoms with Gasteiger partial charge in [-0.2, -0.15) is 0 Å². The Hall–Kier alpha value is -2.62. The number of benzene rings is 2. The van der Waals surface area contributed by atoms with E-state index >= 15 is 0 Å². The summed E-state index contributed by atoms with van der Waals surface area (Å²) < 4.78 is 0. The van der Waals surface area contributed by atoms with Crippen LogP contribution in [0.4, 0.5) is 0 Å². The van der Waals surface area contributed by atoms with Gasteiger partial charge < -0.3 is 10.2 Å². The second kappa shape index (κ2) is 7.55. The van der Waals surface area contributed by atoms with Crippen molar-refractivity contribution in [3.8, 4) is 0 Å².